The summed E-state index contributed by atoms with van der Waals surface area (Å²) in [6.45, 7) is 7.00. The van der Waals surface area contributed by atoms with E-state index in [2.05, 4.69) is 20.7 Å². The van der Waals surface area contributed by atoms with E-state index in [0.717, 1.165) is 0 Å². The molecule has 0 radical (unpaired) electrons. The minimum absolute atomic E-state index is 0.0559. The molecule has 244 valence electrons. The van der Waals surface area contributed by atoms with Gasteiger partial charge >= 0.3 is 11.9 Å². The van der Waals surface area contributed by atoms with Crippen molar-refractivity contribution in [3.05, 3.63) is 71.3 Å². The first-order valence-corrected chi connectivity index (χ1v) is 14.3. The molecule has 0 fully saturated rings. The summed E-state index contributed by atoms with van der Waals surface area (Å²) in [6.07, 6.45) is -0.827. The van der Waals surface area contributed by atoms with E-state index >= 15 is 0 Å². The number of esters is 2. The summed E-state index contributed by atoms with van der Waals surface area (Å²) >= 11 is 0. The molecule has 0 saturated heterocycles. The molecule has 0 bridgehead atoms. The zero-order valence-electron chi connectivity index (χ0n) is 26.4. The van der Waals surface area contributed by atoms with Crippen LogP contribution in [0.2, 0.25) is 0 Å². The number of carbonyl (C=O) groups excluding carboxylic acids is 5. The normalized spacial score (nSPS) is 10.6. The number of benzene rings is 3. The van der Waals surface area contributed by atoms with Crippen LogP contribution >= 0.6 is 0 Å². The van der Waals surface area contributed by atoms with Crippen molar-refractivity contribution in [2.24, 2.45) is 0 Å². The van der Waals surface area contributed by atoms with Gasteiger partial charge in [-0.05, 0) is 82.3 Å². The van der Waals surface area contributed by atoms with E-state index in [-0.39, 0.29) is 64.4 Å². The van der Waals surface area contributed by atoms with Crippen LogP contribution in [-0.2, 0) is 19.1 Å². The number of hydrogen-bond donors (Lipinski definition) is 4. The number of phenols is 1. The van der Waals surface area contributed by atoms with Crippen LogP contribution in [0.5, 0.6) is 17.2 Å². The Morgan fingerprint density at radius 3 is 1.91 bits per heavy atom. The summed E-state index contributed by atoms with van der Waals surface area (Å²) in [5.41, 5.74) is 1.09. The van der Waals surface area contributed by atoms with Crippen molar-refractivity contribution in [3.8, 4) is 17.2 Å². The van der Waals surface area contributed by atoms with E-state index in [1.807, 2.05) is 0 Å². The fourth-order valence-corrected chi connectivity index (χ4v) is 4.06. The predicted molar refractivity (Wildman–Crippen MR) is 170 cm³/mol. The molecule has 3 amide bonds. The highest BCUT2D eigenvalue weighted by molar-refractivity contribution is 6.10. The largest absolute Gasteiger partial charge is 0.504 e. The summed E-state index contributed by atoms with van der Waals surface area (Å²) < 4.78 is 20.9. The molecular weight excluding hydrogens is 598 g/mol. The molecular formula is C33H37N3O10. The van der Waals surface area contributed by atoms with Crippen LogP contribution < -0.4 is 25.4 Å². The van der Waals surface area contributed by atoms with Gasteiger partial charge in [0.1, 0.15) is 5.75 Å². The fraction of sp³-hybridized carbons (Fsp3) is 0.303. The van der Waals surface area contributed by atoms with E-state index < -0.39 is 35.6 Å². The Kier molecular flexibility index (Phi) is 12.1. The van der Waals surface area contributed by atoms with Gasteiger partial charge in [0, 0.05) is 17.7 Å². The molecule has 0 aliphatic heterocycles. The first kappa shape index (κ1) is 34.9. The predicted octanol–water partition coefficient (Wildman–Crippen LogP) is 5.15. The summed E-state index contributed by atoms with van der Waals surface area (Å²) in [7, 11) is 2.49. The number of aromatic hydroxyl groups is 1. The van der Waals surface area contributed by atoms with Crippen molar-refractivity contribution in [3.63, 3.8) is 0 Å². The smallest absolute Gasteiger partial charge is 0.337 e. The Morgan fingerprint density at radius 2 is 1.30 bits per heavy atom. The zero-order valence-corrected chi connectivity index (χ0v) is 26.4. The number of ether oxygens (including phenoxy) is 4. The molecule has 13 nitrogen and oxygen atoms in total. The van der Waals surface area contributed by atoms with Crippen molar-refractivity contribution >= 4 is 46.7 Å². The number of phenolic OH excluding ortho intramolecular Hbond substituents is 1. The molecule has 3 aromatic rings. The lowest BCUT2D eigenvalue weighted by Gasteiger charge is -2.19. The third-order valence-corrected chi connectivity index (χ3v) is 6.21. The Morgan fingerprint density at radius 1 is 0.696 bits per heavy atom. The number of amides is 3. The number of nitrogens with one attached hydrogen (secondary N) is 3. The SMILES string of the molecule is COC(=O)CCC(=O)Nc1ccc(C(=O)Nc2ccc(C(=O)Nc3ccc(C(=O)OC)cc3OC(C)C)c(O)c2OC(C)C)cc1. The van der Waals surface area contributed by atoms with Gasteiger partial charge in [-0.15, -0.1) is 0 Å². The van der Waals surface area contributed by atoms with Crippen molar-refractivity contribution in [1.29, 1.82) is 0 Å². The molecule has 0 spiro atoms. The number of rotatable bonds is 13. The first-order valence-electron chi connectivity index (χ1n) is 14.3. The maximum atomic E-state index is 13.3. The van der Waals surface area contributed by atoms with Gasteiger partial charge in [0.05, 0.1) is 55.4 Å². The fourth-order valence-electron chi connectivity index (χ4n) is 4.06. The van der Waals surface area contributed by atoms with E-state index in [0.29, 0.717) is 5.69 Å². The third kappa shape index (κ3) is 9.45. The monoisotopic (exact) mass is 635 g/mol. The van der Waals surface area contributed by atoms with E-state index in [1.165, 1.54) is 68.8 Å². The Hall–Kier alpha value is -5.59. The third-order valence-electron chi connectivity index (χ3n) is 6.21. The van der Waals surface area contributed by atoms with Gasteiger partial charge in [-0.25, -0.2) is 4.79 Å². The number of carbonyl (C=O) groups is 5. The lowest BCUT2D eigenvalue weighted by molar-refractivity contribution is -0.141. The second-order valence-corrected chi connectivity index (χ2v) is 10.5. The lowest BCUT2D eigenvalue weighted by Crippen LogP contribution is -2.18. The molecule has 0 saturated carbocycles. The molecule has 0 aliphatic rings. The highest BCUT2D eigenvalue weighted by Gasteiger charge is 2.23. The van der Waals surface area contributed by atoms with Crippen LogP contribution in [0.3, 0.4) is 0 Å². The van der Waals surface area contributed by atoms with E-state index in [9.17, 15) is 29.1 Å². The van der Waals surface area contributed by atoms with E-state index in [1.54, 1.807) is 27.7 Å². The van der Waals surface area contributed by atoms with Crippen LogP contribution in [-0.4, -0.2) is 61.2 Å². The number of anilines is 3. The van der Waals surface area contributed by atoms with Crippen LogP contribution in [0.15, 0.2) is 54.6 Å². The lowest BCUT2D eigenvalue weighted by atomic mass is 10.1. The molecule has 3 aromatic carbocycles. The minimum Gasteiger partial charge on any atom is -0.504 e. The molecule has 0 aromatic heterocycles. The van der Waals surface area contributed by atoms with Crippen LogP contribution in [0.25, 0.3) is 0 Å². The summed E-state index contributed by atoms with van der Waals surface area (Å²) in [5, 5.41) is 19.1. The highest BCUT2D eigenvalue weighted by Crippen LogP contribution is 2.39. The maximum absolute atomic E-state index is 13.3. The van der Waals surface area contributed by atoms with Crippen molar-refractivity contribution in [2.75, 3.05) is 30.2 Å². The van der Waals surface area contributed by atoms with Gasteiger partial charge in [-0.2, -0.15) is 0 Å². The topological polar surface area (TPSA) is 179 Å². The van der Waals surface area contributed by atoms with Crippen LogP contribution in [0.4, 0.5) is 17.1 Å². The second-order valence-electron chi connectivity index (χ2n) is 10.5. The second kappa shape index (κ2) is 15.9. The zero-order chi connectivity index (χ0) is 34.0. The average molecular weight is 636 g/mol. The van der Waals surface area contributed by atoms with Gasteiger partial charge in [0.2, 0.25) is 5.91 Å². The van der Waals surface area contributed by atoms with E-state index in [4.69, 9.17) is 14.2 Å². The molecule has 0 unspecified atom stereocenters. The molecule has 3 rings (SSSR count). The Bertz CT molecular complexity index is 1600. The van der Waals surface area contributed by atoms with Gasteiger partial charge in [-0.1, -0.05) is 0 Å². The Balaban J connectivity index is 1.81. The molecule has 13 heteroatoms. The average Bonchev–Trinajstić information content (AvgIpc) is 3.01. The van der Waals surface area contributed by atoms with Crippen LogP contribution in [0, 0.1) is 0 Å². The van der Waals surface area contributed by atoms with Gasteiger partial charge < -0.3 is 40.0 Å². The standard InChI is InChI=1S/C33H37N3O10/c1-18(2)45-26-17-21(33(42)44-6)9-13-24(26)35-32(41)23-12-14-25(30(29(23)39)46-19(3)4)36-31(40)20-7-10-22(11-8-20)34-27(37)15-16-28(38)43-5/h7-14,17-19,39H,15-16H2,1-6H3,(H,34,37)(H,35,41)(H,36,40). The highest BCUT2D eigenvalue weighted by atomic mass is 16.5. The van der Waals surface area contributed by atoms with Gasteiger partial charge in [-0.3, -0.25) is 19.2 Å². The summed E-state index contributed by atoms with van der Waals surface area (Å²) in [5.74, 6) is -3.12. The Labute approximate surface area is 266 Å². The van der Waals surface area contributed by atoms with Crippen molar-refractivity contribution in [1.82, 2.24) is 0 Å². The van der Waals surface area contributed by atoms with Gasteiger partial charge in [0.25, 0.3) is 11.8 Å². The first-order chi connectivity index (χ1) is 21.8. The summed E-state index contributed by atoms with van der Waals surface area (Å²) in [6, 6.07) is 13.2. The molecule has 0 atom stereocenters. The maximum Gasteiger partial charge on any atom is 0.337 e. The molecule has 4 N–H and O–H groups in total. The molecule has 46 heavy (non-hydrogen) atoms. The molecule has 0 aliphatic carbocycles. The van der Waals surface area contributed by atoms with Gasteiger partial charge in [0.15, 0.2) is 11.5 Å². The minimum atomic E-state index is -0.701. The number of methoxy groups -OCH3 is 2. The quantitative estimate of drug-likeness (QED) is 0.184. The molecule has 0 heterocycles. The number of hydrogen-bond acceptors (Lipinski definition) is 10. The van der Waals surface area contributed by atoms with Crippen LogP contribution in [0.1, 0.15) is 71.6 Å². The van der Waals surface area contributed by atoms with Crippen molar-refractivity contribution in [2.45, 2.75) is 52.7 Å². The van der Waals surface area contributed by atoms with Crippen molar-refractivity contribution < 1.29 is 48.0 Å². The summed E-state index contributed by atoms with van der Waals surface area (Å²) in [4.78, 5) is 61.7.